The van der Waals surface area contributed by atoms with Crippen LogP contribution in [0, 0.1) is 11.8 Å². The molecule has 0 spiro atoms. The predicted octanol–water partition coefficient (Wildman–Crippen LogP) is 0.216. The van der Waals surface area contributed by atoms with Gasteiger partial charge in [-0.25, -0.2) is 4.79 Å². The van der Waals surface area contributed by atoms with E-state index in [1.165, 1.54) is 7.11 Å². The van der Waals surface area contributed by atoms with Gasteiger partial charge in [0.2, 0.25) is 0 Å². The Balaban J connectivity index is 3.23. The average molecular weight is 186 g/mol. The molecule has 0 N–H and O–H groups in total. The number of ether oxygens (including phenoxy) is 3. The van der Waals surface area contributed by atoms with E-state index in [4.69, 9.17) is 9.47 Å². The van der Waals surface area contributed by atoms with E-state index in [1.807, 2.05) is 0 Å². The maximum Gasteiger partial charge on any atom is 0.384 e. The number of carbonyl (C=O) groups excluding carboxylic acids is 1. The van der Waals surface area contributed by atoms with E-state index in [1.54, 1.807) is 7.11 Å². The Labute approximate surface area is 78.2 Å². The van der Waals surface area contributed by atoms with Gasteiger partial charge in [0.05, 0.1) is 26.9 Å². The monoisotopic (exact) mass is 186 g/mol. The van der Waals surface area contributed by atoms with Gasteiger partial charge in [0.1, 0.15) is 0 Å². The third-order valence-corrected chi connectivity index (χ3v) is 1.18. The van der Waals surface area contributed by atoms with Crippen molar-refractivity contribution in [3.8, 4) is 11.8 Å². The Hall–Kier alpha value is -1.05. The van der Waals surface area contributed by atoms with Gasteiger partial charge in [-0.2, -0.15) is 0 Å². The fourth-order valence-corrected chi connectivity index (χ4v) is 0.553. The van der Waals surface area contributed by atoms with E-state index in [2.05, 4.69) is 16.6 Å². The molecule has 0 saturated heterocycles. The highest BCUT2D eigenvalue weighted by Crippen LogP contribution is 1.81. The van der Waals surface area contributed by atoms with Crippen molar-refractivity contribution in [2.75, 3.05) is 34.0 Å². The molecule has 0 aromatic carbocycles. The lowest BCUT2D eigenvalue weighted by Crippen LogP contribution is -2.02. The molecule has 0 aliphatic heterocycles. The molecule has 0 aromatic rings. The highest BCUT2D eigenvalue weighted by atomic mass is 16.5. The standard InChI is InChI=1S/C9H14O4/c1-11-7-8-13-6-4-3-5-9(10)12-2/h4,6-8H2,1-2H3. The van der Waals surface area contributed by atoms with Crippen LogP contribution in [0.25, 0.3) is 0 Å². The summed E-state index contributed by atoms with van der Waals surface area (Å²) in [6, 6.07) is 0. The summed E-state index contributed by atoms with van der Waals surface area (Å²) in [6.45, 7) is 1.63. The zero-order valence-electron chi connectivity index (χ0n) is 7.96. The molecule has 4 heteroatoms. The summed E-state index contributed by atoms with van der Waals surface area (Å²) in [6.07, 6.45) is 0.527. The Morgan fingerprint density at radius 2 is 2.00 bits per heavy atom. The van der Waals surface area contributed by atoms with Gasteiger partial charge in [-0.1, -0.05) is 5.92 Å². The average Bonchev–Trinajstić information content (AvgIpc) is 2.16. The molecular formula is C9H14O4. The van der Waals surface area contributed by atoms with Crippen LogP contribution in [0.5, 0.6) is 0 Å². The van der Waals surface area contributed by atoms with Crippen LogP contribution >= 0.6 is 0 Å². The highest BCUT2D eigenvalue weighted by molar-refractivity contribution is 5.88. The van der Waals surface area contributed by atoms with E-state index in [0.717, 1.165) is 0 Å². The fraction of sp³-hybridized carbons (Fsp3) is 0.667. The molecule has 0 aromatic heterocycles. The topological polar surface area (TPSA) is 44.8 Å². The molecule has 13 heavy (non-hydrogen) atoms. The SMILES string of the molecule is COCCOCCC#CC(=O)OC. The number of hydrogen-bond acceptors (Lipinski definition) is 4. The molecule has 4 nitrogen and oxygen atoms in total. The Morgan fingerprint density at radius 3 is 2.62 bits per heavy atom. The minimum absolute atomic E-state index is 0.507. The van der Waals surface area contributed by atoms with Gasteiger partial charge in [0.15, 0.2) is 0 Å². The summed E-state index contributed by atoms with van der Waals surface area (Å²) < 4.78 is 14.2. The van der Waals surface area contributed by atoms with Crippen molar-refractivity contribution >= 4 is 5.97 Å². The van der Waals surface area contributed by atoms with Gasteiger partial charge in [-0.15, -0.1) is 0 Å². The Kier molecular flexibility index (Phi) is 8.31. The molecule has 0 bridgehead atoms. The Bertz CT molecular complexity index is 190. The Morgan fingerprint density at radius 1 is 1.23 bits per heavy atom. The molecule has 0 fully saturated rings. The van der Waals surface area contributed by atoms with Crippen LogP contribution < -0.4 is 0 Å². The number of esters is 1. The summed E-state index contributed by atoms with van der Waals surface area (Å²) in [5, 5.41) is 0. The number of hydrogen-bond donors (Lipinski definition) is 0. The minimum atomic E-state index is -0.517. The van der Waals surface area contributed by atoms with E-state index < -0.39 is 5.97 Å². The molecule has 0 amide bonds. The first-order valence-corrected chi connectivity index (χ1v) is 3.94. The highest BCUT2D eigenvalue weighted by Gasteiger charge is 1.88. The van der Waals surface area contributed by atoms with Crippen molar-refractivity contribution in [3.63, 3.8) is 0 Å². The largest absolute Gasteiger partial charge is 0.459 e. The lowest BCUT2D eigenvalue weighted by Gasteiger charge is -1.98. The second-order valence-electron chi connectivity index (χ2n) is 2.15. The van der Waals surface area contributed by atoms with Crippen molar-refractivity contribution in [1.82, 2.24) is 0 Å². The van der Waals surface area contributed by atoms with E-state index in [9.17, 15) is 4.79 Å². The molecule has 0 saturated carbocycles. The van der Waals surface area contributed by atoms with Gasteiger partial charge in [-0.05, 0) is 0 Å². The smallest absolute Gasteiger partial charge is 0.384 e. The number of methoxy groups -OCH3 is 2. The van der Waals surface area contributed by atoms with Gasteiger partial charge in [0, 0.05) is 19.5 Å². The molecule has 0 aliphatic rings. The first-order valence-electron chi connectivity index (χ1n) is 3.94. The molecule has 0 aliphatic carbocycles. The van der Waals surface area contributed by atoms with Crippen molar-refractivity contribution < 1.29 is 19.0 Å². The second kappa shape index (κ2) is 9.04. The third-order valence-electron chi connectivity index (χ3n) is 1.18. The van der Waals surface area contributed by atoms with Gasteiger partial charge in [-0.3, -0.25) is 0 Å². The molecule has 74 valence electrons. The van der Waals surface area contributed by atoms with Crippen LogP contribution in [0.3, 0.4) is 0 Å². The summed E-state index contributed by atoms with van der Waals surface area (Å²) >= 11 is 0. The van der Waals surface area contributed by atoms with Crippen molar-refractivity contribution in [3.05, 3.63) is 0 Å². The number of carbonyl (C=O) groups is 1. The lowest BCUT2D eigenvalue weighted by atomic mass is 10.4. The zero-order valence-corrected chi connectivity index (χ0v) is 7.96. The second-order valence-corrected chi connectivity index (χ2v) is 2.15. The van der Waals surface area contributed by atoms with Crippen LogP contribution in [-0.4, -0.2) is 40.0 Å². The van der Waals surface area contributed by atoms with Crippen molar-refractivity contribution in [2.24, 2.45) is 0 Å². The minimum Gasteiger partial charge on any atom is -0.459 e. The maximum atomic E-state index is 10.5. The van der Waals surface area contributed by atoms with Crippen LogP contribution in [-0.2, 0) is 19.0 Å². The quantitative estimate of drug-likeness (QED) is 0.266. The summed E-state index contributed by atoms with van der Waals surface area (Å²) in [4.78, 5) is 10.5. The molecule has 0 unspecified atom stereocenters. The summed E-state index contributed by atoms with van der Waals surface area (Å²) in [5.41, 5.74) is 0. The van der Waals surface area contributed by atoms with Crippen LogP contribution in [0.15, 0.2) is 0 Å². The maximum absolute atomic E-state index is 10.5. The first kappa shape index (κ1) is 11.9. The van der Waals surface area contributed by atoms with E-state index in [-0.39, 0.29) is 0 Å². The van der Waals surface area contributed by atoms with Gasteiger partial charge >= 0.3 is 5.97 Å². The van der Waals surface area contributed by atoms with Crippen LogP contribution in [0.1, 0.15) is 6.42 Å². The molecule has 0 heterocycles. The predicted molar refractivity (Wildman–Crippen MR) is 47.1 cm³/mol. The van der Waals surface area contributed by atoms with E-state index in [0.29, 0.717) is 26.2 Å². The van der Waals surface area contributed by atoms with Crippen LogP contribution in [0.2, 0.25) is 0 Å². The lowest BCUT2D eigenvalue weighted by molar-refractivity contribution is -0.133. The normalized spacial score (nSPS) is 8.77. The fourth-order valence-electron chi connectivity index (χ4n) is 0.553. The van der Waals surface area contributed by atoms with Gasteiger partial charge in [0.25, 0.3) is 0 Å². The molecule has 0 atom stereocenters. The molecule has 0 rings (SSSR count). The van der Waals surface area contributed by atoms with Crippen molar-refractivity contribution in [2.45, 2.75) is 6.42 Å². The summed E-state index contributed by atoms with van der Waals surface area (Å²) in [7, 11) is 2.91. The first-order chi connectivity index (χ1) is 6.31. The van der Waals surface area contributed by atoms with Gasteiger partial charge < -0.3 is 14.2 Å². The molecular weight excluding hydrogens is 172 g/mol. The third kappa shape index (κ3) is 8.86. The van der Waals surface area contributed by atoms with Crippen LogP contribution in [0.4, 0.5) is 0 Å². The molecule has 0 radical (unpaired) electrons. The van der Waals surface area contributed by atoms with Crippen molar-refractivity contribution in [1.29, 1.82) is 0 Å². The summed E-state index contributed by atoms with van der Waals surface area (Å²) in [5.74, 6) is 4.41. The van der Waals surface area contributed by atoms with E-state index >= 15 is 0 Å². The zero-order chi connectivity index (χ0) is 9.94. The number of rotatable bonds is 5.